The summed E-state index contributed by atoms with van der Waals surface area (Å²) >= 11 is 12.3. The highest BCUT2D eigenvalue weighted by atomic mass is 35.5. The molecular weight excluding hydrogens is 419 g/mol. The van der Waals surface area contributed by atoms with Crippen LogP contribution in [-0.4, -0.2) is 13.0 Å². The van der Waals surface area contributed by atoms with E-state index in [1.165, 1.54) is 0 Å². The Balaban J connectivity index is 1.94. The Morgan fingerprint density at radius 3 is 2.57 bits per heavy atom. The Labute approximate surface area is 185 Å². The van der Waals surface area contributed by atoms with Crippen molar-refractivity contribution in [2.45, 2.75) is 6.42 Å². The van der Waals surface area contributed by atoms with Gasteiger partial charge in [0.05, 0.1) is 7.11 Å². The lowest BCUT2D eigenvalue weighted by Crippen LogP contribution is -2.13. The summed E-state index contributed by atoms with van der Waals surface area (Å²) in [7, 11) is 1.59. The lowest BCUT2D eigenvalue weighted by molar-refractivity contribution is -0.112. The van der Waals surface area contributed by atoms with E-state index in [0.717, 1.165) is 16.7 Å². The summed E-state index contributed by atoms with van der Waals surface area (Å²) in [6.07, 6.45) is 2.09. The first-order valence-corrected chi connectivity index (χ1v) is 9.85. The Kier molecular flexibility index (Phi) is 7.13. The molecule has 0 spiro atoms. The van der Waals surface area contributed by atoms with E-state index in [1.807, 2.05) is 42.5 Å². The monoisotopic (exact) mass is 436 g/mol. The molecule has 30 heavy (non-hydrogen) atoms. The summed E-state index contributed by atoms with van der Waals surface area (Å²) in [5, 5.41) is 13.4. The number of nitriles is 1. The van der Waals surface area contributed by atoms with E-state index in [9.17, 15) is 10.1 Å². The molecule has 0 aromatic heterocycles. The van der Waals surface area contributed by atoms with Crippen molar-refractivity contribution in [3.8, 4) is 11.8 Å². The lowest BCUT2D eigenvalue weighted by atomic mass is 9.97. The van der Waals surface area contributed by atoms with Gasteiger partial charge in [-0.25, -0.2) is 0 Å². The first kappa shape index (κ1) is 21.4. The lowest BCUT2D eigenvalue weighted by Gasteiger charge is -2.11. The first-order chi connectivity index (χ1) is 14.5. The number of rotatable bonds is 6. The summed E-state index contributed by atoms with van der Waals surface area (Å²) in [4.78, 5) is 12.6. The van der Waals surface area contributed by atoms with Crippen molar-refractivity contribution in [2.24, 2.45) is 0 Å². The van der Waals surface area contributed by atoms with Crippen molar-refractivity contribution in [1.29, 1.82) is 5.26 Å². The van der Waals surface area contributed by atoms with Gasteiger partial charge in [0.2, 0.25) is 0 Å². The summed E-state index contributed by atoms with van der Waals surface area (Å²) in [6.45, 7) is 0. The number of halogens is 2. The molecule has 6 heteroatoms. The fraction of sp³-hybridized carbons (Fsp3) is 0.0833. The number of nitrogens with zero attached hydrogens (tertiary/aromatic N) is 1. The molecule has 0 radical (unpaired) electrons. The van der Waals surface area contributed by atoms with Crippen LogP contribution in [0.5, 0.6) is 5.75 Å². The molecule has 3 aromatic carbocycles. The van der Waals surface area contributed by atoms with Crippen LogP contribution in [0.15, 0.2) is 72.3 Å². The second kappa shape index (κ2) is 9.98. The summed E-state index contributed by atoms with van der Waals surface area (Å²) in [6, 6.07) is 21.7. The van der Waals surface area contributed by atoms with Gasteiger partial charge in [-0.2, -0.15) is 5.26 Å². The van der Waals surface area contributed by atoms with E-state index in [2.05, 4.69) is 5.32 Å². The van der Waals surface area contributed by atoms with Gasteiger partial charge in [-0.1, -0.05) is 53.5 Å². The van der Waals surface area contributed by atoms with Crippen LogP contribution in [-0.2, 0) is 11.2 Å². The van der Waals surface area contributed by atoms with Gasteiger partial charge in [-0.3, -0.25) is 4.79 Å². The van der Waals surface area contributed by atoms with Gasteiger partial charge in [0.1, 0.15) is 17.4 Å². The van der Waals surface area contributed by atoms with Crippen LogP contribution >= 0.6 is 23.2 Å². The predicted molar refractivity (Wildman–Crippen MR) is 121 cm³/mol. The largest absolute Gasteiger partial charge is 0.497 e. The van der Waals surface area contributed by atoms with Gasteiger partial charge in [-0.15, -0.1) is 0 Å². The topological polar surface area (TPSA) is 62.1 Å². The van der Waals surface area contributed by atoms with Crippen LogP contribution in [0.1, 0.15) is 16.7 Å². The molecule has 0 bridgehead atoms. The molecule has 0 aliphatic carbocycles. The molecule has 0 saturated carbocycles. The molecule has 1 N–H and O–H groups in total. The standard InChI is InChI=1S/C24H18Cl2N2O2/c1-30-22-10-9-16(18(13-22)12-17-5-2-3-8-23(17)26)11-19(15-27)24(29)28-21-7-4-6-20(25)14-21/h2-11,13-14H,12H2,1H3,(H,28,29)/b19-11+. The maximum Gasteiger partial charge on any atom is 0.266 e. The van der Waals surface area contributed by atoms with Crippen molar-refractivity contribution in [1.82, 2.24) is 0 Å². The highest BCUT2D eigenvalue weighted by Gasteiger charge is 2.13. The van der Waals surface area contributed by atoms with Crippen LogP contribution in [0.4, 0.5) is 5.69 Å². The number of amides is 1. The van der Waals surface area contributed by atoms with Crippen molar-refractivity contribution in [3.05, 3.63) is 99.0 Å². The zero-order valence-corrected chi connectivity index (χ0v) is 17.7. The molecule has 3 aromatic rings. The van der Waals surface area contributed by atoms with E-state index in [0.29, 0.717) is 27.9 Å². The SMILES string of the molecule is COc1ccc(/C=C(\C#N)C(=O)Nc2cccc(Cl)c2)c(Cc2ccccc2Cl)c1. The van der Waals surface area contributed by atoms with E-state index < -0.39 is 5.91 Å². The number of anilines is 1. The van der Waals surface area contributed by atoms with Gasteiger partial charge in [0.15, 0.2) is 0 Å². The highest BCUT2D eigenvalue weighted by molar-refractivity contribution is 6.31. The molecule has 0 atom stereocenters. The zero-order valence-electron chi connectivity index (χ0n) is 16.2. The third-order valence-electron chi connectivity index (χ3n) is 4.44. The Morgan fingerprint density at radius 1 is 1.07 bits per heavy atom. The predicted octanol–water partition coefficient (Wildman–Crippen LogP) is 6.14. The summed E-state index contributed by atoms with van der Waals surface area (Å²) < 4.78 is 5.34. The maximum atomic E-state index is 12.6. The molecule has 0 aliphatic rings. The van der Waals surface area contributed by atoms with E-state index >= 15 is 0 Å². The number of methoxy groups -OCH3 is 1. The van der Waals surface area contributed by atoms with Gasteiger partial charge in [-0.05, 0) is 65.6 Å². The number of benzene rings is 3. The fourth-order valence-electron chi connectivity index (χ4n) is 2.92. The molecule has 0 fully saturated rings. The van der Waals surface area contributed by atoms with Crippen LogP contribution in [0, 0.1) is 11.3 Å². The smallest absolute Gasteiger partial charge is 0.266 e. The van der Waals surface area contributed by atoms with Gasteiger partial charge < -0.3 is 10.1 Å². The summed E-state index contributed by atoms with van der Waals surface area (Å²) in [5.74, 6) is 0.162. The van der Waals surface area contributed by atoms with Crippen LogP contribution in [0.25, 0.3) is 6.08 Å². The average molecular weight is 437 g/mol. The Hall–Kier alpha value is -3.26. The minimum atomic E-state index is -0.515. The number of carbonyl (C=O) groups excluding carboxylic acids is 1. The number of ether oxygens (including phenoxy) is 1. The van der Waals surface area contributed by atoms with Gasteiger partial charge >= 0.3 is 0 Å². The van der Waals surface area contributed by atoms with Crippen LogP contribution in [0.2, 0.25) is 10.0 Å². The minimum absolute atomic E-state index is 0.0273. The van der Waals surface area contributed by atoms with Gasteiger partial charge in [0, 0.05) is 15.7 Å². The van der Waals surface area contributed by atoms with Crippen molar-refractivity contribution in [2.75, 3.05) is 12.4 Å². The highest BCUT2D eigenvalue weighted by Crippen LogP contribution is 2.26. The molecule has 4 nitrogen and oxygen atoms in total. The van der Waals surface area contributed by atoms with Crippen LogP contribution in [0.3, 0.4) is 0 Å². The average Bonchev–Trinajstić information content (AvgIpc) is 2.74. The fourth-order valence-corrected chi connectivity index (χ4v) is 3.31. The Morgan fingerprint density at radius 2 is 1.87 bits per heavy atom. The molecule has 3 rings (SSSR count). The number of hydrogen-bond donors (Lipinski definition) is 1. The van der Waals surface area contributed by atoms with Crippen molar-refractivity contribution >= 4 is 40.9 Å². The van der Waals surface area contributed by atoms with Crippen molar-refractivity contribution in [3.63, 3.8) is 0 Å². The minimum Gasteiger partial charge on any atom is -0.497 e. The normalized spacial score (nSPS) is 10.9. The van der Waals surface area contributed by atoms with Crippen LogP contribution < -0.4 is 10.1 Å². The molecule has 1 amide bonds. The molecular formula is C24H18Cl2N2O2. The third kappa shape index (κ3) is 5.42. The molecule has 0 saturated heterocycles. The molecule has 0 aliphatic heterocycles. The van der Waals surface area contributed by atoms with Gasteiger partial charge in [0.25, 0.3) is 5.91 Å². The zero-order chi connectivity index (χ0) is 21.5. The molecule has 0 unspecified atom stereocenters. The van der Waals surface area contributed by atoms with E-state index in [1.54, 1.807) is 43.5 Å². The number of nitrogens with one attached hydrogen (secondary N) is 1. The third-order valence-corrected chi connectivity index (χ3v) is 5.04. The second-order valence-electron chi connectivity index (χ2n) is 6.47. The van der Waals surface area contributed by atoms with E-state index in [-0.39, 0.29) is 5.57 Å². The van der Waals surface area contributed by atoms with E-state index in [4.69, 9.17) is 27.9 Å². The van der Waals surface area contributed by atoms with Crippen molar-refractivity contribution < 1.29 is 9.53 Å². The number of hydrogen-bond acceptors (Lipinski definition) is 3. The molecule has 150 valence electrons. The number of carbonyl (C=O) groups is 1. The first-order valence-electron chi connectivity index (χ1n) is 9.09. The quantitative estimate of drug-likeness (QED) is 0.372. The molecule has 0 heterocycles. The maximum absolute atomic E-state index is 12.6. The summed E-state index contributed by atoms with van der Waals surface area (Å²) in [5.41, 5.74) is 3.03. The second-order valence-corrected chi connectivity index (χ2v) is 7.31. The Bertz CT molecular complexity index is 1150.